The zero-order valence-electron chi connectivity index (χ0n) is 32.8. The van der Waals surface area contributed by atoms with E-state index in [0.717, 1.165) is 22.7 Å². The van der Waals surface area contributed by atoms with E-state index in [9.17, 15) is 4.79 Å². The van der Waals surface area contributed by atoms with Gasteiger partial charge in [0.15, 0.2) is 16.6 Å². The van der Waals surface area contributed by atoms with Gasteiger partial charge in [0.25, 0.3) is 0 Å². The van der Waals surface area contributed by atoms with Crippen LogP contribution in [0.2, 0.25) is 36.3 Å². The van der Waals surface area contributed by atoms with Gasteiger partial charge in [-0.3, -0.25) is 4.79 Å². The molecule has 47 heavy (non-hydrogen) atoms. The Labute approximate surface area is 299 Å². The summed E-state index contributed by atoms with van der Waals surface area (Å²) in [5.74, 6) is 0.00933. The molecular formula is C38H67NO4S2Si2. The number of esters is 1. The maximum absolute atomic E-state index is 14.0. The third-order valence-electron chi connectivity index (χ3n) is 10.4. The number of cyclic esters (lactones) is 1. The van der Waals surface area contributed by atoms with Crippen molar-refractivity contribution in [1.82, 2.24) is 4.98 Å². The van der Waals surface area contributed by atoms with Crippen LogP contribution in [0.5, 0.6) is 0 Å². The minimum atomic E-state index is -2.23. The van der Waals surface area contributed by atoms with Crippen molar-refractivity contribution >= 4 is 51.8 Å². The van der Waals surface area contributed by atoms with E-state index in [-0.39, 0.29) is 56.7 Å². The Morgan fingerprint density at radius 3 is 2.13 bits per heavy atom. The Morgan fingerprint density at radius 2 is 1.60 bits per heavy atom. The Kier molecular flexibility index (Phi) is 14.7. The lowest BCUT2D eigenvalue weighted by Gasteiger charge is -2.46. The van der Waals surface area contributed by atoms with E-state index in [1.54, 1.807) is 11.3 Å². The maximum Gasteiger partial charge on any atom is 0.309 e. The molecule has 0 spiro atoms. The van der Waals surface area contributed by atoms with E-state index in [0.29, 0.717) is 6.42 Å². The molecule has 0 saturated heterocycles. The quantitative estimate of drug-likeness (QED) is 0.166. The molecule has 0 saturated carbocycles. The molecule has 1 aliphatic heterocycles. The topological polar surface area (TPSA) is 57.7 Å². The molecule has 0 amide bonds. The Morgan fingerprint density at radius 1 is 1.02 bits per heavy atom. The number of aromatic nitrogens is 1. The predicted molar refractivity (Wildman–Crippen MR) is 212 cm³/mol. The molecule has 2 heterocycles. The summed E-state index contributed by atoms with van der Waals surface area (Å²) in [4.78, 5) is 18.6. The predicted octanol–water partition coefficient (Wildman–Crippen LogP) is 11.8. The largest absolute Gasteiger partial charge is 0.457 e. The number of thioether (sulfide) groups is 1. The van der Waals surface area contributed by atoms with Crippen LogP contribution in [-0.4, -0.2) is 55.9 Å². The SMILES string of the molecule is CC1=CC[C@@H](C(C)=Cc2csc(C)n2)OC(=O)C[C@H](O[Si](C)(C)C(C)(C)C)C(C)(C)S[C@H](C)[C@@H](O[Si](C)(C)C(C)(C)C)[C@@H](C)C=CC1. The third-order valence-corrected chi connectivity index (χ3v) is 21.7. The minimum Gasteiger partial charge on any atom is -0.457 e. The first-order valence-corrected chi connectivity index (χ1v) is 25.0. The van der Waals surface area contributed by atoms with Crippen LogP contribution in [0.4, 0.5) is 0 Å². The van der Waals surface area contributed by atoms with Crippen LogP contribution >= 0.6 is 23.1 Å². The van der Waals surface area contributed by atoms with Gasteiger partial charge in [-0.25, -0.2) is 4.98 Å². The van der Waals surface area contributed by atoms with Gasteiger partial charge in [-0.05, 0) is 89.0 Å². The van der Waals surface area contributed by atoms with E-state index < -0.39 is 16.6 Å². The van der Waals surface area contributed by atoms with Crippen LogP contribution in [-0.2, 0) is 18.4 Å². The van der Waals surface area contributed by atoms with Crippen molar-refractivity contribution in [2.45, 2.75) is 174 Å². The van der Waals surface area contributed by atoms with Gasteiger partial charge in [0, 0.05) is 27.7 Å². The van der Waals surface area contributed by atoms with E-state index in [2.05, 4.69) is 137 Å². The highest BCUT2D eigenvalue weighted by Gasteiger charge is 2.47. The molecule has 0 aromatic carbocycles. The number of rotatable bonds is 6. The van der Waals surface area contributed by atoms with E-state index in [1.165, 1.54) is 5.57 Å². The Balaban J connectivity index is 2.63. The fourth-order valence-corrected chi connectivity index (χ4v) is 10.5. The zero-order valence-corrected chi connectivity index (χ0v) is 36.4. The highest BCUT2D eigenvalue weighted by molar-refractivity contribution is 8.01. The van der Waals surface area contributed by atoms with E-state index >= 15 is 0 Å². The van der Waals surface area contributed by atoms with Gasteiger partial charge in [-0.1, -0.05) is 79.2 Å². The summed E-state index contributed by atoms with van der Waals surface area (Å²) in [6, 6.07) is 0. The number of hydrogen-bond acceptors (Lipinski definition) is 7. The number of nitrogens with zero attached hydrogens (tertiary/aromatic N) is 1. The van der Waals surface area contributed by atoms with Crippen molar-refractivity contribution in [3.63, 3.8) is 0 Å². The molecule has 5 atom stereocenters. The molecule has 1 aliphatic rings. The molecule has 1 aromatic rings. The second-order valence-corrected chi connectivity index (χ2v) is 29.9. The summed E-state index contributed by atoms with van der Waals surface area (Å²) in [5, 5.41) is 3.35. The average molecular weight is 722 g/mol. The average Bonchev–Trinajstić information content (AvgIpc) is 3.30. The second kappa shape index (κ2) is 16.4. The first-order valence-electron chi connectivity index (χ1n) is 17.4. The van der Waals surface area contributed by atoms with Crippen molar-refractivity contribution in [3.8, 4) is 0 Å². The fourth-order valence-electron chi connectivity index (χ4n) is 5.16. The molecule has 0 radical (unpaired) electrons. The van der Waals surface area contributed by atoms with E-state index in [4.69, 9.17) is 13.6 Å². The first-order chi connectivity index (χ1) is 21.3. The monoisotopic (exact) mass is 721 g/mol. The summed E-state index contributed by atoms with van der Waals surface area (Å²) in [6.45, 7) is 38.2. The molecule has 0 fully saturated rings. The van der Waals surface area contributed by atoms with Crippen LogP contribution < -0.4 is 0 Å². The van der Waals surface area contributed by atoms with Crippen LogP contribution in [0.25, 0.3) is 6.08 Å². The summed E-state index contributed by atoms with van der Waals surface area (Å²) in [7, 11) is -4.29. The molecule has 268 valence electrons. The second-order valence-electron chi connectivity index (χ2n) is 17.3. The minimum absolute atomic E-state index is 0.00164. The van der Waals surface area contributed by atoms with Gasteiger partial charge in [0.1, 0.15) is 6.10 Å². The van der Waals surface area contributed by atoms with Crippen LogP contribution in [0.15, 0.2) is 34.8 Å². The van der Waals surface area contributed by atoms with Crippen molar-refractivity contribution in [1.29, 1.82) is 0 Å². The number of hydrogen-bond donors (Lipinski definition) is 0. The van der Waals surface area contributed by atoms with Crippen LogP contribution in [0, 0.1) is 12.8 Å². The Bertz CT molecular complexity index is 1280. The number of allylic oxidation sites excluding steroid dienone is 2. The molecule has 0 N–H and O–H groups in total. The van der Waals surface area contributed by atoms with Crippen molar-refractivity contribution in [3.05, 3.63) is 45.5 Å². The van der Waals surface area contributed by atoms with Gasteiger partial charge in [0.05, 0.1) is 29.3 Å². The first kappa shape index (κ1) is 42.2. The van der Waals surface area contributed by atoms with Crippen LogP contribution in [0.1, 0.15) is 113 Å². The van der Waals surface area contributed by atoms with Gasteiger partial charge >= 0.3 is 5.97 Å². The molecule has 0 unspecified atom stereocenters. The number of aryl methyl sites for hydroxylation is 1. The fraction of sp³-hybridized carbons (Fsp3) is 0.737. The highest BCUT2D eigenvalue weighted by Crippen LogP contribution is 2.45. The molecule has 2 rings (SSSR count). The molecule has 0 aliphatic carbocycles. The number of carbonyl (C=O) groups excluding carboxylic acids is 1. The lowest BCUT2D eigenvalue weighted by atomic mass is 9.99. The zero-order chi connectivity index (χ0) is 36.2. The smallest absolute Gasteiger partial charge is 0.309 e. The van der Waals surface area contributed by atoms with Gasteiger partial charge in [-0.15, -0.1) is 23.1 Å². The number of carbonyl (C=O) groups is 1. The van der Waals surface area contributed by atoms with Gasteiger partial charge in [-0.2, -0.15) is 0 Å². The summed E-state index contributed by atoms with van der Waals surface area (Å²) < 4.78 is 20.3. The maximum atomic E-state index is 14.0. The lowest BCUT2D eigenvalue weighted by Crippen LogP contribution is -2.52. The Hall–Kier alpha value is -0.976. The molecule has 9 heteroatoms. The van der Waals surface area contributed by atoms with Gasteiger partial charge in [0.2, 0.25) is 0 Å². The van der Waals surface area contributed by atoms with Crippen molar-refractivity contribution in [2.24, 2.45) is 5.92 Å². The molecule has 1 aromatic heterocycles. The molecule has 0 bridgehead atoms. The number of ether oxygens (including phenoxy) is 1. The normalized spacial score (nSPS) is 26.6. The third kappa shape index (κ3) is 12.4. The number of thiazole rings is 1. The van der Waals surface area contributed by atoms with Crippen LogP contribution in [0.3, 0.4) is 0 Å². The van der Waals surface area contributed by atoms with Crippen molar-refractivity contribution in [2.75, 3.05) is 0 Å². The molecule has 5 nitrogen and oxygen atoms in total. The molecular weight excluding hydrogens is 655 g/mol. The van der Waals surface area contributed by atoms with Gasteiger partial charge < -0.3 is 13.6 Å². The van der Waals surface area contributed by atoms with E-state index in [1.807, 2.05) is 25.6 Å². The standard InChI is InChI=1S/C38H67NO4S2Si2/c1-26-19-18-20-27(2)35(43-47(16,17)37(9,10)11)29(4)45-38(12,13)33(42-46(14,15)36(6,7)8)24-34(40)41-32(22-21-26)28(3)23-31-25-44-30(5)39-31/h18,20-21,23,25,27,29,32-33,35H,19,22,24H2,1-17H3/t27-,29+,32-,33-,35-/m0/s1. The lowest BCUT2D eigenvalue weighted by molar-refractivity contribution is -0.149. The van der Waals surface area contributed by atoms with Crippen molar-refractivity contribution < 1.29 is 18.4 Å². The summed E-state index contributed by atoms with van der Waals surface area (Å²) in [6.07, 6.45) is 9.91. The summed E-state index contributed by atoms with van der Waals surface area (Å²) in [5.41, 5.74) is 3.15. The highest BCUT2D eigenvalue weighted by atomic mass is 32.2. The summed E-state index contributed by atoms with van der Waals surface area (Å²) >= 11 is 3.52.